The molecule has 1 amide bonds. The van der Waals surface area contributed by atoms with Gasteiger partial charge in [0.2, 0.25) is 0 Å². The molecular weight excluding hydrogens is 339 g/mol. The molecule has 0 aliphatic heterocycles. The van der Waals surface area contributed by atoms with Gasteiger partial charge in [-0.05, 0) is 40.2 Å². The van der Waals surface area contributed by atoms with Crippen LogP contribution in [0.25, 0.3) is 0 Å². The fraction of sp³-hybridized carbons (Fsp3) is 0. The molecule has 0 saturated carbocycles. The predicted molar refractivity (Wildman–Crippen MR) is 76.4 cm³/mol. The van der Waals surface area contributed by atoms with Gasteiger partial charge in [-0.25, -0.2) is 4.98 Å². The van der Waals surface area contributed by atoms with Crippen molar-refractivity contribution in [3.05, 3.63) is 56.6 Å². The van der Waals surface area contributed by atoms with Crippen molar-refractivity contribution in [2.75, 3.05) is 5.32 Å². The molecule has 0 spiro atoms. The third kappa shape index (κ3) is 3.02. The zero-order chi connectivity index (χ0) is 13.1. The van der Waals surface area contributed by atoms with E-state index in [2.05, 4.69) is 26.2 Å². The molecular formula is C12H7BrCl2N2O. The zero-order valence-electron chi connectivity index (χ0n) is 8.95. The smallest absolute Gasteiger partial charge is 0.258 e. The molecule has 0 fully saturated rings. The summed E-state index contributed by atoms with van der Waals surface area (Å²) in [6.45, 7) is 0. The van der Waals surface area contributed by atoms with Crippen LogP contribution in [0.15, 0.2) is 41.0 Å². The molecule has 0 saturated heterocycles. The lowest BCUT2D eigenvalue weighted by atomic mass is 10.2. The Bertz CT molecular complexity index is 587. The molecule has 6 heteroatoms. The highest BCUT2D eigenvalue weighted by atomic mass is 79.9. The Kier molecular flexibility index (Phi) is 4.22. The topological polar surface area (TPSA) is 42.0 Å². The number of benzene rings is 1. The summed E-state index contributed by atoms with van der Waals surface area (Å²) in [4.78, 5) is 16.0. The molecule has 2 rings (SSSR count). The Morgan fingerprint density at radius 1 is 1.22 bits per heavy atom. The third-order valence-corrected chi connectivity index (χ3v) is 3.45. The zero-order valence-corrected chi connectivity index (χ0v) is 12.1. The molecule has 18 heavy (non-hydrogen) atoms. The van der Waals surface area contributed by atoms with Crippen molar-refractivity contribution in [2.24, 2.45) is 0 Å². The number of hydrogen-bond acceptors (Lipinski definition) is 2. The van der Waals surface area contributed by atoms with Gasteiger partial charge >= 0.3 is 0 Å². The van der Waals surface area contributed by atoms with E-state index < -0.39 is 0 Å². The minimum absolute atomic E-state index is 0.230. The number of nitrogens with one attached hydrogen (secondary N) is 1. The van der Waals surface area contributed by atoms with Crippen molar-refractivity contribution in [2.45, 2.75) is 0 Å². The van der Waals surface area contributed by atoms with Gasteiger partial charge in [-0.2, -0.15) is 0 Å². The summed E-state index contributed by atoms with van der Waals surface area (Å²) in [5, 5.41) is 3.21. The average molecular weight is 346 g/mol. The van der Waals surface area contributed by atoms with Crippen LogP contribution in [0.1, 0.15) is 10.4 Å². The second-order valence-electron chi connectivity index (χ2n) is 3.42. The van der Waals surface area contributed by atoms with Crippen molar-refractivity contribution >= 4 is 50.9 Å². The lowest BCUT2D eigenvalue weighted by molar-refractivity contribution is 0.102. The summed E-state index contributed by atoms with van der Waals surface area (Å²) >= 11 is 15.1. The Morgan fingerprint density at radius 3 is 2.67 bits per heavy atom. The molecule has 0 aliphatic rings. The van der Waals surface area contributed by atoms with E-state index in [0.717, 1.165) is 4.47 Å². The molecule has 92 valence electrons. The number of carbonyl (C=O) groups is 1. The van der Waals surface area contributed by atoms with Crippen LogP contribution in [0.4, 0.5) is 5.82 Å². The maximum atomic E-state index is 12.0. The number of pyridine rings is 1. The van der Waals surface area contributed by atoms with Gasteiger partial charge in [0.05, 0.1) is 15.6 Å². The molecule has 0 aliphatic carbocycles. The van der Waals surface area contributed by atoms with E-state index in [1.807, 2.05) is 0 Å². The summed E-state index contributed by atoms with van der Waals surface area (Å²) in [5.74, 6) is 0.0940. The lowest BCUT2D eigenvalue weighted by Crippen LogP contribution is -2.13. The standard InChI is InChI=1S/C12H7BrCl2N2O/c13-7-4-5-10(16-6-7)17-12(18)8-2-1-3-9(14)11(8)15/h1-6H,(H,16,17,18). The number of aromatic nitrogens is 1. The lowest BCUT2D eigenvalue weighted by Gasteiger charge is -2.06. The SMILES string of the molecule is O=C(Nc1ccc(Br)cn1)c1cccc(Cl)c1Cl. The van der Waals surface area contributed by atoms with Crippen molar-refractivity contribution in [1.82, 2.24) is 4.98 Å². The molecule has 0 bridgehead atoms. The minimum atomic E-state index is -0.350. The molecule has 0 radical (unpaired) electrons. The number of hydrogen-bond donors (Lipinski definition) is 1. The Morgan fingerprint density at radius 2 is 2.00 bits per heavy atom. The van der Waals surface area contributed by atoms with Crippen LogP contribution in [0.3, 0.4) is 0 Å². The van der Waals surface area contributed by atoms with Gasteiger partial charge in [-0.1, -0.05) is 29.3 Å². The first-order valence-corrected chi connectivity index (χ1v) is 6.50. The Labute approximate surface area is 122 Å². The first-order chi connectivity index (χ1) is 8.58. The van der Waals surface area contributed by atoms with E-state index in [4.69, 9.17) is 23.2 Å². The second kappa shape index (κ2) is 5.69. The Hall–Kier alpha value is -1.10. The van der Waals surface area contributed by atoms with Gasteiger partial charge in [0.15, 0.2) is 0 Å². The van der Waals surface area contributed by atoms with E-state index in [9.17, 15) is 4.79 Å². The minimum Gasteiger partial charge on any atom is -0.307 e. The van der Waals surface area contributed by atoms with E-state index in [-0.39, 0.29) is 10.9 Å². The van der Waals surface area contributed by atoms with Crippen LogP contribution in [-0.4, -0.2) is 10.9 Å². The highest BCUT2D eigenvalue weighted by molar-refractivity contribution is 9.10. The number of carbonyl (C=O) groups excluding carboxylic acids is 1. The number of nitrogens with zero attached hydrogens (tertiary/aromatic N) is 1. The average Bonchev–Trinajstić information content (AvgIpc) is 2.35. The quantitative estimate of drug-likeness (QED) is 0.876. The monoisotopic (exact) mass is 344 g/mol. The maximum absolute atomic E-state index is 12.0. The fourth-order valence-corrected chi connectivity index (χ4v) is 1.93. The maximum Gasteiger partial charge on any atom is 0.258 e. The molecule has 0 atom stereocenters. The van der Waals surface area contributed by atoms with Crippen LogP contribution >= 0.6 is 39.1 Å². The van der Waals surface area contributed by atoms with Crippen LogP contribution in [-0.2, 0) is 0 Å². The molecule has 3 nitrogen and oxygen atoms in total. The summed E-state index contributed by atoms with van der Waals surface area (Å²) in [5.41, 5.74) is 0.314. The van der Waals surface area contributed by atoms with Crippen molar-refractivity contribution in [3.63, 3.8) is 0 Å². The highest BCUT2D eigenvalue weighted by Gasteiger charge is 2.12. The Balaban J connectivity index is 2.22. The number of amides is 1. The molecule has 1 aromatic heterocycles. The van der Waals surface area contributed by atoms with E-state index >= 15 is 0 Å². The first-order valence-electron chi connectivity index (χ1n) is 4.95. The molecule has 1 aromatic carbocycles. The molecule has 2 aromatic rings. The number of anilines is 1. The van der Waals surface area contributed by atoms with Crippen molar-refractivity contribution in [1.29, 1.82) is 0 Å². The summed E-state index contributed by atoms with van der Waals surface area (Å²) in [6, 6.07) is 8.35. The molecule has 1 N–H and O–H groups in total. The van der Waals surface area contributed by atoms with Gasteiger partial charge in [0.25, 0.3) is 5.91 Å². The molecule has 0 unspecified atom stereocenters. The van der Waals surface area contributed by atoms with Crippen LogP contribution in [0, 0.1) is 0 Å². The van der Waals surface area contributed by atoms with Gasteiger partial charge in [-0.15, -0.1) is 0 Å². The van der Waals surface area contributed by atoms with Crippen molar-refractivity contribution < 1.29 is 4.79 Å². The van der Waals surface area contributed by atoms with E-state index in [1.54, 1.807) is 36.5 Å². The van der Waals surface area contributed by atoms with E-state index in [0.29, 0.717) is 16.4 Å². The van der Waals surface area contributed by atoms with Crippen LogP contribution < -0.4 is 5.32 Å². The van der Waals surface area contributed by atoms with Crippen molar-refractivity contribution in [3.8, 4) is 0 Å². The first kappa shape index (κ1) is 13.3. The van der Waals surface area contributed by atoms with Crippen LogP contribution in [0.5, 0.6) is 0 Å². The highest BCUT2D eigenvalue weighted by Crippen LogP contribution is 2.26. The van der Waals surface area contributed by atoms with Crippen LogP contribution in [0.2, 0.25) is 10.0 Å². The van der Waals surface area contributed by atoms with E-state index in [1.165, 1.54) is 0 Å². The van der Waals surface area contributed by atoms with Gasteiger partial charge < -0.3 is 5.32 Å². The predicted octanol–water partition coefficient (Wildman–Crippen LogP) is 4.40. The number of rotatable bonds is 2. The molecule has 1 heterocycles. The largest absolute Gasteiger partial charge is 0.307 e. The second-order valence-corrected chi connectivity index (χ2v) is 5.12. The fourth-order valence-electron chi connectivity index (χ4n) is 1.31. The third-order valence-electron chi connectivity index (χ3n) is 2.17. The normalized spacial score (nSPS) is 10.2. The summed E-state index contributed by atoms with van der Waals surface area (Å²) in [7, 11) is 0. The summed E-state index contributed by atoms with van der Waals surface area (Å²) in [6.07, 6.45) is 1.59. The van der Waals surface area contributed by atoms with Gasteiger partial charge in [-0.3, -0.25) is 4.79 Å². The summed E-state index contributed by atoms with van der Waals surface area (Å²) < 4.78 is 0.835. The van der Waals surface area contributed by atoms with Gasteiger partial charge in [0.1, 0.15) is 5.82 Å². The number of halogens is 3. The van der Waals surface area contributed by atoms with Gasteiger partial charge in [0, 0.05) is 10.7 Å².